The minimum absolute atomic E-state index is 0.197. The molecule has 2 N–H and O–H groups in total. The fraction of sp³-hybridized carbons (Fsp3) is 0.429. The molecule has 0 unspecified atom stereocenters. The molecule has 1 heterocycles. The number of hydrogen-bond donors (Lipinski definition) is 2. The maximum Gasteiger partial charge on any atom is 0.315 e. The standard InChI is InChI=1S/C21H30N4O2/c1-15-11-16(2)24-20(27-5)19(15)14-23-21(26)22-13-18(25(3)4)12-17-9-7-6-8-10-17/h6-11,18H,12-14H2,1-5H3,(H2,22,23,26)/t18-/m0/s1. The molecule has 0 saturated heterocycles. The number of methoxy groups -OCH3 is 1. The van der Waals surface area contributed by atoms with Gasteiger partial charge in [0.15, 0.2) is 0 Å². The quantitative estimate of drug-likeness (QED) is 0.750. The van der Waals surface area contributed by atoms with Gasteiger partial charge in [-0.2, -0.15) is 0 Å². The predicted octanol–water partition coefficient (Wildman–Crippen LogP) is 2.68. The number of likely N-dealkylation sites (N-methyl/N-ethyl adjacent to an activating group) is 1. The summed E-state index contributed by atoms with van der Waals surface area (Å²) >= 11 is 0. The van der Waals surface area contributed by atoms with E-state index in [1.165, 1.54) is 5.56 Å². The minimum Gasteiger partial charge on any atom is -0.481 e. The van der Waals surface area contributed by atoms with E-state index >= 15 is 0 Å². The first kappa shape index (κ1) is 20.7. The van der Waals surface area contributed by atoms with Crippen LogP contribution >= 0.6 is 0 Å². The highest BCUT2D eigenvalue weighted by molar-refractivity contribution is 5.74. The molecule has 1 aromatic carbocycles. The number of nitrogens with zero attached hydrogens (tertiary/aromatic N) is 2. The van der Waals surface area contributed by atoms with Gasteiger partial charge in [0.2, 0.25) is 5.88 Å². The summed E-state index contributed by atoms with van der Waals surface area (Å²) in [5, 5.41) is 5.87. The number of urea groups is 1. The van der Waals surface area contributed by atoms with Gasteiger partial charge in [-0.05, 0) is 51.6 Å². The van der Waals surface area contributed by atoms with Crippen molar-refractivity contribution in [3.05, 3.63) is 58.8 Å². The third-order valence-corrected chi connectivity index (χ3v) is 4.60. The Kier molecular flexibility index (Phi) is 7.61. The number of aryl methyl sites for hydroxylation is 2. The average Bonchev–Trinajstić information content (AvgIpc) is 2.64. The number of benzene rings is 1. The van der Waals surface area contributed by atoms with E-state index in [1.807, 2.05) is 52.2 Å². The van der Waals surface area contributed by atoms with E-state index in [0.717, 1.165) is 23.2 Å². The lowest BCUT2D eigenvalue weighted by Crippen LogP contribution is -2.45. The second-order valence-electron chi connectivity index (χ2n) is 6.94. The Bertz CT molecular complexity index is 747. The van der Waals surface area contributed by atoms with Gasteiger partial charge in [-0.1, -0.05) is 30.3 Å². The van der Waals surface area contributed by atoms with Crippen LogP contribution in [0.4, 0.5) is 4.79 Å². The van der Waals surface area contributed by atoms with Gasteiger partial charge < -0.3 is 20.3 Å². The van der Waals surface area contributed by atoms with Crippen LogP contribution in [0.15, 0.2) is 36.4 Å². The smallest absolute Gasteiger partial charge is 0.315 e. The van der Waals surface area contributed by atoms with Crippen LogP contribution < -0.4 is 15.4 Å². The Morgan fingerprint density at radius 3 is 2.52 bits per heavy atom. The van der Waals surface area contributed by atoms with Crippen molar-refractivity contribution in [3.63, 3.8) is 0 Å². The fourth-order valence-electron chi connectivity index (χ4n) is 2.98. The lowest BCUT2D eigenvalue weighted by atomic mass is 10.1. The first-order valence-corrected chi connectivity index (χ1v) is 9.14. The molecule has 2 rings (SSSR count). The number of pyridine rings is 1. The third-order valence-electron chi connectivity index (χ3n) is 4.60. The molecule has 0 aliphatic heterocycles. The van der Waals surface area contributed by atoms with Crippen LogP contribution in [0.5, 0.6) is 5.88 Å². The zero-order chi connectivity index (χ0) is 19.8. The number of ether oxygens (including phenoxy) is 1. The molecular formula is C21H30N4O2. The Morgan fingerprint density at radius 2 is 1.89 bits per heavy atom. The Labute approximate surface area is 161 Å². The number of carbonyl (C=O) groups is 1. The van der Waals surface area contributed by atoms with Crippen LogP contribution in [0, 0.1) is 13.8 Å². The highest BCUT2D eigenvalue weighted by Gasteiger charge is 2.15. The summed E-state index contributed by atoms with van der Waals surface area (Å²) in [6.07, 6.45) is 0.878. The summed E-state index contributed by atoms with van der Waals surface area (Å²) in [4.78, 5) is 18.8. The van der Waals surface area contributed by atoms with E-state index in [9.17, 15) is 4.79 Å². The summed E-state index contributed by atoms with van der Waals surface area (Å²) in [5.74, 6) is 0.558. The topological polar surface area (TPSA) is 66.5 Å². The zero-order valence-electron chi connectivity index (χ0n) is 16.9. The van der Waals surface area contributed by atoms with Crippen molar-refractivity contribution in [2.24, 2.45) is 0 Å². The van der Waals surface area contributed by atoms with E-state index in [1.54, 1.807) is 7.11 Å². The minimum atomic E-state index is -0.197. The Morgan fingerprint density at radius 1 is 1.19 bits per heavy atom. The normalized spacial score (nSPS) is 11.9. The molecule has 0 aliphatic rings. The molecule has 6 nitrogen and oxygen atoms in total. The number of aromatic nitrogens is 1. The van der Waals surface area contributed by atoms with Gasteiger partial charge in [0.1, 0.15) is 0 Å². The van der Waals surface area contributed by atoms with Gasteiger partial charge in [0.25, 0.3) is 0 Å². The maximum absolute atomic E-state index is 12.3. The predicted molar refractivity (Wildman–Crippen MR) is 108 cm³/mol. The molecule has 1 aromatic heterocycles. The highest BCUT2D eigenvalue weighted by Crippen LogP contribution is 2.20. The van der Waals surface area contributed by atoms with E-state index in [2.05, 4.69) is 32.7 Å². The Hall–Kier alpha value is -2.60. The van der Waals surface area contributed by atoms with Gasteiger partial charge in [-0.25, -0.2) is 9.78 Å². The second-order valence-corrected chi connectivity index (χ2v) is 6.94. The number of amides is 2. The number of carbonyl (C=O) groups excluding carboxylic acids is 1. The van der Waals surface area contributed by atoms with Gasteiger partial charge in [0.05, 0.1) is 13.7 Å². The molecule has 27 heavy (non-hydrogen) atoms. The monoisotopic (exact) mass is 370 g/mol. The van der Waals surface area contributed by atoms with Crippen molar-refractivity contribution in [3.8, 4) is 5.88 Å². The van der Waals surface area contributed by atoms with Crippen molar-refractivity contribution in [2.45, 2.75) is 32.9 Å². The molecule has 0 saturated carbocycles. The lowest BCUT2D eigenvalue weighted by Gasteiger charge is -2.25. The third kappa shape index (κ3) is 6.25. The van der Waals surface area contributed by atoms with Crippen LogP contribution in [0.2, 0.25) is 0 Å². The van der Waals surface area contributed by atoms with Crippen LogP contribution in [0.3, 0.4) is 0 Å². The lowest BCUT2D eigenvalue weighted by molar-refractivity contribution is 0.231. The molecule has 6 heteroatoms. The average molecular weight is 370 g/mol. The zero-order valence-corrected chi connectivity index (χ0v) is 16.9. The number of nitrogens with one attached hydrogen (secondary N) is 2. The molecule has 0 radical (unpaired) electrons. The molecule has 0 fully saturated rings. The molecule has 0 aliphatic carbocycles. The van der Waals surface area contributed by atoms with Crippen LogP contribution in [-0.4, -0.2) is 49.7 Å². The molecule has 0 bridgehead atoms. The summed E-state index contributed by atoms with van der Waals surface area (Å²) in [6, 6.07) is 12.3. The molecule has 2 amide bonds. The van der Waals surface area contributed by atoms with Crippen molar-refractivity contribution >= 4 is 6.03 Å². The van der Waals surface area contributed by atoms with E-state index in [0.29, 0.717) is 19.0 Å². The van der Waals surface area contributed by atoms with Crippen molar-refractivity contribution in [1.29, 1.82) is 0 Å². The summed E-state index contributed by atoms with van der Waals surface area (Å²) in [6.45, 7) is 4.86. The largest absolute Gasteiger partial charge is 0.481 e. The molecule has 0 spiro atoms. The number of rotatable bonds is 8. The fourth-order valence-corrected chi connectivity index (χ4v) is 2.98. The van der Waals surface area contributed by atoms with Crippen molar-refractivity contribution in [1.82, 2.24) is 20.5 Å². The first-order valence-electron chi connectivity index (χ1n) is 9.14. The van der Waals surface area contributed by atoms with E-state index in [-0.39, 0.29) is 12.1 Å². The first-order chi connectivity index (χ1) is 12.9. The molecule has 2 aromatic rings. The van der Waals surface area contributed by atoms with E-state index < -0.39 is 0 Å². The van der Waals surface area contributed by atoms with Crippen molar-refractivity contribution in [2.75, 3.05) is 27.7 Å². The van der Waals surface area contributed by atoms with Gasteiger partial charge in [-0.15, -0.1) is 0 Å². The van der Waals surface area contributed by atoms with Crippen molar-refractivity contribution < 1.29 is 9.53 Å². The van der Waals surface area contributed by atoms with Gasteiger partial charge in [-0.3, -0.25) is 0 Å². The molecule has 1 atom stereocenters. The Balaban J connectivity index is 1.89. The van der Waals surface area contributed by atoms with Crippen LogP contribution in [-0.2, 0) is 13.0 Å². The molecule has 146 valence electrons. The highest BCUT2D eigenvalue weighted by atomic mass is 16.5. The summed E-state index contributed by atoms with van der Waals surface area (Å²) in [5.41, 5.74) is 4.10. The van der Waals surface area contributed by atoms with Gasteiger partial charge in [0, 0.05) is 23.8 Å². The SMILES string of the molecule is COc1nc(C)cc(C)c1CNC(=O)NC[C@H](Cc1ccccc1)N(C)C. The maximum atomic E-state index is 12.3. The summed E-state index contributed by atoms with van der Waals surface area (Å²) < 4.78 is 5.35. The van der Waals surface area contributed by atoms with Crippen LogP contribution in [0.1, 0.15) is 22.4 Å². The number of hydrogen-bond acceptors (Lipinski definition) is 4. The van der Waals surface area contributed by atoms with E-state index in [4.69, 9.17) is 4.74 Å². The summed E-state index contributed by atoms with van der Waals surface area (Å²) in [7, 11) is 5.65. The van der Waals surface area contributed by atoms with Gasteiger partial charge >= 0.3 is 6.03 Å². The second kappa shape index (κ2) is 9.92. The van der Waals surface area contributed by atoms with Crippen LogP contribution in [0.25, 0.3) is 0 Å². The molecular weight excluding hydrogens is 340 g/mol.